The molecule has 3 nitrogen and oxygen atoms in total. The molecule has 0 spiro atoms. The van der Waals surface area contributed by atoms with Crippen LogP contribution in [0.1, 0.15) is 88.9 Å². The number of carbonyl (C=O) groups excluding carboxylic acids is 1. The van der Waals surface area contributed by atoms with Gasteiger partial charge in [0.1, 0.15) is 0 Å². The molecule has 4 fully saturated rings. The van der Waals surface area contributed by atoms with Crippen LogP contribution in [0.2, 0.25) is 0 Å². The minimum absolute atomic E-state index is 0.0728. The van der Waals surface area contributed by atoms with Crippen molar-refractivity contribution in [1.29, 1.82) is 0 Å². The Kier molecular flexibility index (Phi) is 5.48. The Morgan fingerprint density at radius 1 is 0.968 bits per heavy atom. The van der Waals surface area contributed by atoms with Gasteiger partial charge in [-0.1, -0.05) is 25.1 Å². The highest BCUT2D eigenvalue weighted by molar-refractivity contribution is 5.94. The smallest absolute Gasteiger partial charge is 0.251 e. The summed E-state index contributed by atoms with van der Waals surface area (Å²) >= 11 is 0. The summed E-state index contributed by atoms with van der Waals surface area (Å²) in [5.74, 6) is 4.80. The Hall–Kier alpha value is -1.35. The van der Waals surface area contributed by atoms with Crippen molar-refractivity contribution in [1.82, 2.24) is 5.32 Å². The number of carbonyl (C=O) groups is 1. The Morgan fingerprint density at radius 2 is 1.71 bits per heavy atom. The van der Waals surface area contributed by atoms with Gasteiger partial charge < -0.3 is 10.4 Å². The Labute approximate surface area is 188 Å². The van der Waals surface area contributed by atoms with Crippen LogP contribution in [-0.2, 0) is 0 Å². The van der Waals surface area contributed by atoms with Gasteiger partial charge in [0.05, 0.1) is 5.60 Å². The largest absolute Gasteiger partial charge is 0.390 e. The van der Waals surface area contributed by atoms with Gasteiger partial charge in [-0.25, -0.2) is 0 Å². The van der Waals surface area contributed by atoms with E-state index < -0.39 is 5.60 Å². The van der Waals surface area contributed by atoms with Crippen molar-refractivity contribution in [3.05, 3.63) is 35.9 Å². The maximum Gasteiger partial charge on any atom is 0.251 e. The van der Waals surface area contributed by atoms with Crippen molar-refractivity contribution in [2.45, 2.75) is 90.2 Å². The van der Waals surface area contributed by atoms with Gasteiger partial charge in [0, 0.05) is 11.6 Å². The third kappa shape index (κ3) is 3.75. The van der Waals surface area contributed by atoms with Crippen LogP contribution in [0.15, 0.2) is 30.3 Å². The zero-order chi connectivity index (χ0) is 21.8. The number of rotatable bonds is 3. The van der Waals surface area contributed by atoms with Crippen molar-refractivity contribution in [2.24, 2.45) is 40.9 Å². The molecule has 9 atom stereocenters. The molecular weight excluding hydrogens is 382 g/mol. The predicted molar refractivity (Wildman–Crippen MR) is 125 cm³/mol. The van der Waals surface area contributed by atoms with Gasteiger partial charge >= 0.3 is 0 Å². The van der Waals surface area contributed by atoms with Gasteiger partial charge in [0.2, 0.25) is 0 Å². The molecule has 0 radical (unpaired) electrons. The Balaban J connectivity index is 1.28. The summed E-state index contributed by atoms with van der Waals surface area (Å²) in [7, 11) is 0. The number of benzene rings is 1. The molecule has 4 aliphatic carbocycles. The SMILES string of the molecule is C[C@@H](NC(=O)c1ccccc1)C1CC[C@H]2[C@@H]3CC[C@@H]4C[C@](C)(O)CC[C@@H]4[C@H]3CC[C@]12C. The molecule has 0 bridgehead atoms. The maximum atomic E-state index is 12.8. The van der Waals surface area contributed by atoms with E-state index in [1.165, 1.54) is 44.9 Å². The first-order valence-electron chi connectivity index (χ1n) is 12.9. The molecule has 170 valence electrons. The average molecular weight is 424 g/mol. The maximum absolute atomic E-state index is 12.8. The van der Waals surface area contributed by atoms with Crippen LogP contribution in [0, 0.1) is 40.9 Å². The van der Waals surface area contributed by atoms with Crippen LogP contribution in [0.4, 0.5) is 0 Å². The van der Waals surface area contributed by atoms with Gasteiger partial charge in [-0.3, -0.25) is 4.79 Å². The van der Waals surface area contributed by atoms with Crippen molar-refractivity contribution in [3.63, 3.8) is 0 Å². The Morgan fingerprint density at radius 3 is 2.48 bits per heavy atom. The van der Waals surface area contributed by atoms with E-state index in [1.807, 2.05) is 30.3 Å². The van der Waals surface area contributed by atoms with E-state index >= 15 is 0 Å². The lowest BCUT2D eigenvalue weighted by Gasteiger charge is -2.57. The summed E-state index contributed by atoms with van der Waals surface area (Å²) in [5, 5.41) is 14.0. The van der Waals surface area contributed by atoms with Crippen LogP contribution >= 0.6 is 0 Å². The second-order valence-corrected chi connectivity index (χ2v) is 12.0. The van der Waals surface area contributed by atoms with E-state index in [0.29, 0.717) is 11.3 Å². The first-order valence-corrected chi connectivity index (χ1v) is 12.9. The average Bonchev–Trinajstić information content (AvgIpc) is 3.10. The molecule has 1 amide bonds. The molecule has 2 N–H and O–H groups in total. The quantitative estimate of drug-likeness (QED) is 0.643. The van der Waals surface area contributed by atoms with E-state index in [2.05, 4.69) is 26.1 Å². The highest BCUT2D eigenvalue weighted by Crippen LogP contribution is 2.65. The van der Waals surface area contributed by atoms with E-state index in [9.17, 15) is 9.90 Å². The highest BCUT2D eigenvalue weighted by atomic mass is 16.3. The fraction of sp³-hybridized carbons (Fsp3) is 0.750. The molecule has 4 aliphatic rings. The minimum Gasteiger partial charge on any atom is -0.390 e. The van der Waals surface area contributed by atoms with Crippen LogP contribution in [0.25, 0.3) is 0 Å². The molecule has 3 heteroatoms. The fourth-order valence-corrected chi connectivity index (χ4v) is 8.92. The third-order valence-corrected chi connectivity index (χ3v) is 10.3. The first-order chi connectivity index (χ1) is 14.8. The highest BCUT2D eigenvalue weighted by Gasteiger charge is 2.58. The Bertz CT molecular complexity index is 804. The van der Waals surface area contributed by atoms with Crippen molar-refractivity contribution >= 4 is 5.91 Å². The van der Waals surface area contributed by atoms with Gasteiger partial charge in [-0.05, 0) is 125 Å². The zero-order valence-electron chi connectivity index (χ0n) is 19.6. The minimum atomic E-state index is -0.429. The van der Waals surface area contributed by atoms with Gasteiger partial charge in [-0.15, -0.1) is 0 Å². The molecule has 31 heavy (non-hydrogen) atoms. The van der Waals surface area contributed by atoms with Crippen LogP contribution in [0.3, 0.4) is 0 Å². The van der Waals surface area contributed by atoms with Crippen LogP contribution in [-0.4, -0.2) is 22.7 Å². The topological polar surface area (TPSA) is 49.3 Å². The van der Waals surface area contributed by atoms with Crippen molar-refractivity contribution in [3.8, 4) is 0 Å². The lowest BCUT2D eigenvalue weighted by molar-refractivity contribution is -0.101. The molecule has 5 rings (SSSR count). The number of fused-ring (bicyclic) bond motifs is 5. The van der Waals surface area contributed by atoms with E-state index in [4.69, 9.17) is 0 Å². The van der Waals surface area contributed by atoms with Gasteiger partial charge in [0.15, 0.2) is 0 Å². The summed E-state index contributed by atoms with van der Waals surface area (Å²) in [6, 6.07) is 9.88. The van der Waals surface area contributed by atoms with Crippen LogP contribution < -0.4 is 5.32 Å². The summed E-state index contributed by atoms with van der Waals surface area (Å²) in [6.45, 7) is 6.85. The number of nitrogens with one attached hydrogen (secondary N) is 1. The summed E-state index contributed by atoms with van der Waals surface area (Å²) in [5.41, 5.74) is 0.698. The van der Waals surface area contributed by atoms with Crippen LogP contribution in [0.5, 0.6) is 0 Å². The van der Waals surface area contributed by atoms with E-state index in [-0.39, 0.29) is 11.9 Å². The predicted octanol–water partition coefficient (Wildman–Crippen LogP) is 5.82. The second-order valence-electron chi connectivity index (χ2n) is 12.0. The molecule has 1 aromatic carbocycles. The van der Waals surface area contributed by atoms with E-state index in [1.54, 1.807) is 0 Å². The second kappa shape index (κ2) is 7.90. The third-order valence-electron chi connectivity index (χ3n) is 10.3. The molecule has 1 aromatic rings. The molecule has 0 heterocycles. The van der Waals surface area contributed by atoms with Gasteiger partial charge in [-0.2, -0.15) is 0 Å². The lowest BCUT2D eigenvalue weighted by atomic mass is 9.49. The molecule has 1 unspecified atom stereocenters. The molecule has 0 saturated heterocycles. The first kappa shape index (κ1) is 21.5. The fourth-order valence-electron chi connectivity index (χ4n) is 8.92. The molecule has 0 aliphatic heterocycles. The lowest BCUT2D eigenvalue weighted by Crippen LogP contribution is -2.52. The van der Waals surface area contributed by atoms with E-state index in [0.717, 1.165) is 48.0 Å². The molecular formula is C28H41NO2. The normalized spacial score (nSPS) is 45.2. The number of aliphatic hydroxyl groups is 1. The molecule has 0 aromatic heterocycles. The van der Waals surface area contributed by atoms with Crippen molar-refractivity contribution < 1.29 is 9.90 Å². The summed E-state index contributed by atoms with van der Waals surface area (Å²) in [6.07, 6.45) is 11.2. The van der Waals surface area contributed by atoms with Crippen molar-refractivity contribution in [2.75, 3.05) is 0 Å². The van der Waals surface area contributed by atoms with Gasteiger partial charge in [0.25, 0.3) is 5.91 Å². The monoisotopic (exact) mass is 423 g/mol. The number of amides is 1. The standard InChI is InChI=1S/C28H41NO2/c1-18(29-26(30)19-7-5-4-6-8-19)24-11-12-25-23-10-9-20-17-27(2,31)15-13-21(20)22(23)14-16-28(24,25)3/h4-8,18,20-25,31H,9-17H2,1-3H3,(H,29,30)/t18-,20-,21+,22-,23-,24?,25+,27-,28-/m1/s1. The number of hydrogen-bond acceptors (Lipinski definition) is 2. The summed E-state index contributed by atoms with van der Waals surface area (Å²) in [4.78, 5) is 12.8. The zero-order valence-corrected chi connectivity index (χ0v) is 19.6. The molecule has 4 saturated carbocycles. The summed E-state index contributed by atoms with van der Waals surface area (Å²) < 4.78 is 0. The number of hydrogen-bond donors (Lipinski definition) is 2.